The zero-order valence-electron chi connectivity index (χ0n) is 13.8. The molecule has 2 aromatic rings. The summed E-state index contributed by atoms with van der Waals surface area (Å²) in [4.78, 5) is 17.8. The third-order valence-electron chi connectivity index (χ3n) is 5.40. The van der Waals surface area contributed by atoms with Gasteiger partial charge in [-0.15, -0.1) is 11.3 Å². The lowest BCUT2D eigenvalue weighted by molar-refractivity contribution is -0.175. The third kappa shape index (κ3) is 2.67. The number of carbonyl (C=O) groups is 1. The molecule has 0 aromatic carbocycles. The van der Waals surface area contributed by atoms with E-state index in [1.54, 1.807) is 17.6 Å². The van der Waals surface area contributed by atoms with Crippen LogP contribution >= 0.6 is 11.3 Å². The average Bonchev–Trinajstić information content (AvgIpc) is 3.14. The van der Waals surface area contributed by atoms with Crippen molar-refractivity contribution in [3.8, 4) is 10.8 Å². The number of hydrogen-bond donors (Lipinski definition) is 1. The second-order valence-corrected chi connectivity index (χ2v) is 7.63. The van der Waals surface area contributed by atoms with Gasteiger partial charge in [0.2, 0.25) is 11.8 Å². The molecular weight excluding hydrogens is 324 g/mol. The molecule has 2 aliphatic rings. The van der Waals surface area contributed by atoms with Crippen molar-refractivity contribution in [2.75, 3.05) is 6.61 Å². The number of thiophene rings is 1. The molecule has 4 rings (SSSR count). The van der Waals surface area contributed by atoms with Crippen LogP contribution in [0, 0.1) is 5.41 Å². The molecule has 2 heterocycles. The van der Waals surface area contributed by atoms with Crippen LogP contribution in [0.25, 0.3) is 10.8 Å². The fourth-order valence-electron chi connectivity index (χ4n) is 3.95. The van der Waals surface area contributed by atoms with Crippen LogP contribution in [0.15, 0.2) is 28.2 Å². The normalized spacial score (nSPS) is 24.4. The molecule has 1 N–H and O–H groups in total. The summed E-state index contributed by atoms with van der Waals surface area (Å²) in [6.45, 7) is 2.78. The van der Waals surface area contributed by atoms with Crippen molar-refractivity contribution in [2.24, 2.45) is 5.41 Å². The van der Waals surface area contributed by atoms with Gasteiger partial charge < -0.3 is 14.5 Å². The van der Waals surface area contributed by atoms with E-state index >= 15 is 0 Å². The van der Waals surface area contributed by atoms with Gasteiger partial charge in [0.05, 0.1) is 23.1 Å². The summed E-state index contributed by atoms with van der Waals surface area (Å²) >= 11 is 1.58. The number of oxazole rings is 1. The number of carbonyl (C=O) groups excluding carboxylic acids is 1. The molecule has 1 amide bonds. The Kier molecular flexibility index (Phi) is 4.18. The van der Waals surface area contributed by atoms with Crippen LogP contribution in [0.5, 0.6) is 0 Å². The second-order valence-electron chi connectivity index (χ2n) is 6.68. The molecule has 5 nitrogen and oxygen atoms in total. The first-order valence-electron chi connectivity index (χ1n) is 8.60. The van der Waals surface area contributed by atoms with Crippen molar-refractivity contribution in [3.05, 3.63) is 29.5 Å². The molecule has 0 radical (unpaired) electrons. The largest absolute Gasteiger partial charge is 0.444 e. The van der Waals surface area contributed by atoms with Crippen molar-refractivity contribution >= 4 is 17.2 Å². The maximum Gasteiger partial charge on any atom is 0.236 e. The highest BCUT2D eigenvalue weighted by atomic mass is 32.1. The monoisotopic (exact) mass is 346 g/mol. The lowest BCUT2D eigenvalue weighted by Crippen LogP contribution is -2.67. The molecule has 0 saturated heterocycles. The van der Waals surface area contributed by atoms with Gasteiger partial charge in [-0.2, -0.15) is 0 Å². The molecule has 2 aliphatic carbocycles. The first-order chi connectivity index (χ1) is 11.7. The summed E-state index contributed by atoms with van der Waals surface area (Å²) in [7, 11) is 0. The number of aromatic nitrogens is 1. The Labute approximate surface area is 145 Å². The lowest BCUT2D eigenvalue weighted by Gasteiger charge is -2.61. The maximum absolute atomic E-state index is 12.4. The average molecular weight is 346 g/mol. The number of hydrogen-bond acceptors (Lipinski definition) is 5. The summed E-state index contributed by atoms with van der Waals surface area (Å²) in [5.41, 5.74) is 0.872. The molecule has 1 spiro atoms. The number of nitrogens with zero attached hydrogens (tertiary/aromatic N) is 1. The van der Waals surface area contributed by atoms with Gasteiger partial charge in [0.15, 0.2) is 0 Å². The Morgan fingerprint density at radius 3 is 3.08 bits per heavy atom. The Morgan fingerprint density at radius 2 is 2.42 bits per heavy atom. The standard InChI is InChI=1S/C18H22N2O3S/c1-2-22-15-10-14(18(15)6-4-7-18)20-16(21)9-12-11-23-17(19-12)13-5-3-8-24-13/h3,5,8,11,14-15H,2,4,6-7,9-10H2,1H3,(H,20,21)/t14-,15+/m1/s1. The van der Waals surface area contributed by atoms with Crippen LogP contribution in [-0.4, -0.2) is 29.6 Å². The van der Waals surface area contributed by atoms with Crippen molar-refractivity contribution < 1.29 is 13.9 Å². The van der Waals surface area contributed by atoms with E-state index in [4.69, 9.17) is 9.15 Å². The van der Waals surface area contributed by atoms with E-state index in [0.717, 1.165) is 30.7 Å². The molecule has 0 bridgehead atoms. The van der Waals surface area contributed by atoms with Gasteiger partial charge in [0.25, 0.3) is 0 Å². The number of nitrogens with one attached hydrogen (secondary N) is 1. The summed E-state index contributed by atoms with van der Waals surface area (Å²) in [5.74, 6) is 0.607. The minimum Gasteiger partial charge on any atom is -0.444 e. The van der Waals surface area contributed by atoms with E-state index in [1.807, 2.05) is 24.4 Å². The quantitative estimate of drug-likeness (QED) is 0.870. The van der Waals surface area contributed by atoms with Crippen LogP contribution in [0.1, 0.15) is 38.3 Å². The van der Waals surface area contributed by atoms with Crippen LogP contribution in [0.2, 0.25) is 0 Å². The van der Waals surface area contributed by atoms with Gasteiger partial charge in [-0.25, -0.2) is 4.98 Å². The van der Waals surface area contributed by atoms with Crippen molar-refractivity contribution in [1.29, 1.82) is 0 Å². The Bertz CT molecular complexity index is 706. The molecule has 24 heavy (non-hydrogen) atoms. The topological polar surface area (TPSA) is 64.4 Å². The number of amides is 1. The fourth-order valence-corrected chi connectivity index (χ4v) is 4.61. The van der Waals surface area contributed by atoms with E-state index in [1.165, 1.54) is 6.42 Å². The van der Waals surface area contributed by atoms with E-state index in [-0.39, 0.29) is 23.8 Å². The van der Waals surface area contributed by atoms with Gasteiger partial charge >= 0.3 is 0 Å². The van der Waals surface area contributed by atoms with Gasteiger partial charge in [0.1, 0.15) is 6.26 Å². The van der Waals surface area contributed by atoms with Crippen LogP contribution < -0.4 is 5.32 Å². The van der Waals surface area contributed by atoms with Crippen molar-refractivity contribution in [2.45, 2.75) is 51.2 Å². The highest BCUT2D eigenvalue weighted by Crippen LogP contribution is 2.57. The highest BCUT2D eigenvalue weighted by Gasteiger charge is 2.59. The van der Waals surface area contributed by atoms with Gasteiger partial charge in [-0.05, 0) is 37.6 Å². The first-order valence-corrected chi connectivity index (χ1v) is 9.48. The van der Waals surface area contributed by atoms with Gasteiger partial charge in [-0.1, -0.05) is 12.5 Å². The van der Waals surface area contributed by atoms with Crippen LogP contribution in [-0.2, 0) is 16.0 Å². The smallest absolute Gasteiger partial charge is 0.236 e. The summed E-state index contributed by atoms with van der Waals surface area (Å²) < 4.78 is 11.3. The highest BCUT2D eigenvalue weighted by molar-refractivity contribution is 7.13. The second kappa shape index (κ2) is 6.33. The van der Waals surface area contributed by atoms with Crippen LogP contribution in [0.4, 0.5) is 0 Å². The minimum atomic E-state index is 0.0206. The van der Waals surface area contributed by atoms with Crippen molar-refractivity contribution in [3.63, 3.8) is 0 Å². The van der Waals surface area contributed by atoms with E-state index in [9.17, 15) is 4.79 Å². The molecule has 2 fully saturated rings. The Morgan fingerprint density at radius 1 is 1.54 bits per heavy atom. The molecule has 2 atom stereocenters. The predicted octanol–water partition coefficient (Wildman–Crippen LogP) is 3.41. The minimum absolute atomic E-state index is 0.0206. The molecule has 0 unspecified atom stereocenters. The van der Waals surface area contributed by atoms with E-state index in [2.05, 4.69) is 10.3 Å². The van der Waals surface area contributed by atoms with E-state index in [0.29, 0.717) is 17.7 Å². The first kappa shape index (κ1) is 15.8. The lowest BCUT2D eigenvalue weighted by atomic mass is 9.51. The molecular formula is C18H22N2O3S. The van der Waals surface area contributed by atoms with E-state index < -0.39 is 0 Å². The van der Waals surface area contributed by atoms with Crippen molar-refractivity contribution in [1.82, 2.24) is 10.3 Å². The summed E-state index contributed by atoms with van der Waals surface area (Å²) in [6.07, 6.45) is 6.66. The number of ether oxygens (including phenoxy) is 1. The molecule has 6 heteroatoms. The maximum atomic E-state index is 12.4. The predicted molar refractivity (Wildman–Crippen MR) is 91.8 cm³/mol. The SMILES string of the molecule is CCO[C@H]1C[C@@H](NC(=O)Cc2coc(-c3cccs3)n2)C12CCC2. The molecule has 128 valence electrons. The number of rotatable bonds is 6. The third-order valence-corrected chi connectivity index (χ3v) is 6.26. The zero-order chi connectivity index (χ0) is 16.6. The van der Waals surface area contributed by atoms with Crippen LogP contribution in [0.3, 0.4) is 0 Å². The molecule has 2 aromatic heterocycles. The Balaban J connectivity index is 1.34. The summed E-state index contributed by atoms with van der Waals surface area (Å²) in [5, 5.41) is 5.17. The molecule has 0 aliphatic heterocycles. The molecule has 2 saturated carbocycles. The van der Waals surface area contributed by atoms with Gasteiger partial charge in [0, 0.05) is 18.1 Å². The zero-order valence-corrected chi connectivity index (χ0v) is 14.6. The van der Waals surface area contributed by atoms with Gasteiger partial charge in [-0.3, -0.25) is 4.79 Å². The Hall–Kier alpha value is -1.66. The fraction of sp³-hybridized carbons (Fsp3) is 0.556. The summed E-state index contributed by atoms with van der Waals surface area (Å²) in [6, 6.07) is 4.17.